The van der Waals surface area contributed by atoms with Crippen molar-refractivity contribution in [2.45, 2.75) is 26.3 Å². The molecule has 0 saturated heterocycles. The number of benzene rings is 1. The number of hydrogen-bond donors (Lipinski definition) is 1. The maximum absolute atomic E-state index is 12.3. The molecular formula is C13H16N2O. The number of nitrogens with two attached hydrogens (primary N) is 1. The molecule has 3 heteroatoms. The van der Waals surface area contributed by atoms with Gasteiger partial charge < -0.3 is 10.3 Å². The van der Waals surface area contributed by atoms with Crippen molar-refractivity contribution in [2.24, 2.45) is 0 Å². The molecule has 2 aromatic rings. The molecular weight excluding hydrogens is 200 g/mol. The molecule has 0 fully saturated rings. The van der Waals surface area contributed by atoms with Crippen molar-refractivity contribution in [2.75, 3.05) is 5.73 Å². The predicted octanol–water partition coefficient (Wildman–Crippen LogP) is 2.34. The summed E-state index contributed by atoms with van der Waals surface area (Å²) < 4.78 is 1.71. The topological polar surface area (TPSA) is 48.0 Å². The second kappa shape index (κ2) is 3.37. The Balaban J connectivity index is 2.90. The smallest absolute Gasteiger partial charge is 0.260 e. The van der Waals surface area contributed by atoms with Gasteiger partial charge in [-0.1, -0.05) is 12.1 Å². The van der Waals surface area contributed by atoms with Gasteiger partial charge in [0, 0.05) is 17.4 Å². The highest BCUT2D eigenvalue weighted by molar-refractivity contribution is 5.91. The van der Waals surface area contributed by atoms with Gasteiger partial charge >= 0.3 is 0 Å². The van der Waals surface area contributed by atoms with Crippen molar-refractivity contribution in [3.63, 3.8) is 0 Å². The SMILES string of the molecule is CC(C)(C)n1ccc2cccc(N)c2c1=O. The second-order valence-electron chi connectivity index (χ2n) is 4.97. The number of rotatable bonds is 0. The first kappa shape index (κ1) is 10.7. The van der Waals surface area contributed by atoms with Gasteiger partial charge in [-0.05, 0) is 38.3 Å². The number of fused-ring (bicyclic) bond motifs is 1. The summed E-state index contributed by atoms with van der Waals surface area (Å²) in [4.78, 5) is 12.3. The lowest BCUT2D eigenvalue weighted by Crippen LogP contribution is -2.33. The van der Waals surface area contributed by atoms with E-state index in [4.69, 9.17) is 5.73 Å². The molecule has 0 amide bonds. The van der Waals surface area contributed by atoms with Gasteiger partial charge in [-0.3, -0.25) is 4.79 Å². The number of anilines is 1. The molecule has 0 atom stereocenters. The maximum atomic E-state index is 12.3. The minimum Gasteiger partial charge on any atom is -0.398 e. The summed E-state index contributed by atoms with van der Waals surface area (Å²) in [5.74, 6) is 0. The Bertz CT molecular complexity index is 591. The first-order valence-electron chi connectivity index (χ1n) is 5.31. The molecule has 0 unspecified atom stereocenters. The summed E-state index contributed by atoms with van der Waals surface area (Å²) in [5, 5.41) is 1.51. The number of aromatic nitrogens is 1. The first-order valence-corrected chi connectivity index (χ1v) is 5.31. The lowest BCUT2D eigenvalue weighted by molar-refractivity contribution is 0.386. The summed E-state index contributed by atoms with van der Waals surface area (Å²) in [6.45, 7) is 6.00. The van der Waals surface area contributed by atoms with Crippen molar-refractivity contribution in [1.29, 1.82) is 0 Å². The van der Waals surface area contributed by atoms with Crippen molar-refractivity contribution >= 4 is 16.5 Å². The third-order valence-electron chi connectivity index (χ3n) is 2.69. The van der Waals surface area contributed by atoms with Gasteiger partial charge in [0.25, 0.3) is 5.56 Å². The molecule has 2 N–H and O–H groups in total. The van der Waals surface area contributed by atoms with Gasteiger partial charge in [0.05, 0.1) is 5.39 Å². The molecule has 84 valence electrons. The Morgan fingerprint density at radius 1 is 1.19 bits per heavy atom. The zero-order valence-corrected chi connectivity index (χ0v) is 9.82. The maximum Gasteiger partial charge on any atom is 0.260 e. The van der Waals surface area contributed by atoms with E-state index in [-0.39, 0.29) is 11.1 Å². The molecule has 1 heterocycles. The normalized spacial score (nSPS) is 11.9. The van der Waals surface area contributed by atoms with Crippen molar-refractivity contribution in [3.8, 4) is 0 Å². The van der Waals surface area contributed by atoms with E-state index in [9.17, 15) is 4.79 Å². The van der Waals surface area contributed by atoms with Crippen LogP contribution in [0.1, 0.15) is 20.8 Å². The molecule has 0 aliphatic rings. The molecule has 0 bridgehead atoms. The lowest BCUT2D eigenvalue weighted by atomic mass is 10.1. The monoisotopic (exact) mass is 216 g/mol. The zero-order chi connectivity index (χ0) is 11.9. The van der Waals surface area contributed by atoms with Crippen LogP contribution in [0, 0.1) is 0 Å². The van der Waals surface area contributed by atoms with Crippen LogP contribution in [0.2, 0.25) is 0 Å². The van der Waals surface area contributed by atoms with Crippen LogP contribution in [0.4, 0.5) is 5.69 Å². The molecule has 0 spiro atoms. The van der Waals surface area contributed by atoms with E-state index in [1.54, 1.807) is 10.6 Å². The third-order valence-corrected chi connectivity index (χ3v) is 2.69. The van der Waals surface area contributed by atoms with E-state index in [0.29, 0.717) is 11.1 Å². The predicted molar refractivity (Wildman–Crippen MR) is 67.6 cm³/mol. The van der Waals surface area contributed by atoms with Crippen LogP contribution in [-0.4, -0.2) is 4.57 Å². The van der Waals surface area contributed by atoms with E-state index in [1.165, 1.54) is 0 Å². The summed E-state index contributed by atoms with van der Waals surface area (Å²) in [6, 6.07) is 7.45. The van der Waals surface area contributed by atoms with Gasteiger partial charge in [0.15, 0.2) is 0 Å². The van der Waals surface area contributed by atoms with Crippen molar-refractivity contribution in [1.82, 2.24) is 4.57 Å². The number of pyridine rings is 1. The Hall–Kier alpha value is -1.77. The molecule has 0 aliphatic heterocycles. The van der Waals surface area contributed by atoms with Crippen LogP contribution in [0.5, 0.6) is 0 Å². The minimum absolute atomic E-state index is 0.0249. The van der Waals surface area contributed by atoms with Crippen LogP contribution in [0.3, 0.4) is 0 Å². The highest BCUT2D eigenvalue weighted by Gasteiger charge is 2.16. The summed E-state index contributed by atoms with van der Waals surface area (Å²) in [6.07, 6.45) is 1.82. The molecule has 0 saturated carbocycles. The van der Waals surface area contributed by atoms with E-state index in [1.807, 2.05) is 45.2 Å². The Kier molecular flexibility index (Phi) is 2.26. The third kappa shape index (κ3) is 1.58. The first-order chi connectivity index (χ1) is 7.41. The average molecular weight is 216 g/mol. The summed E-state index contributed by atoms with van der Waals surface area (Å²) in [5.41, 5.74) is 6.15. The highest BCUT2D eigenvalue weighted by Crippen LogP contribution is 2.19. The molecule has 0 aliphatic carbocycles. The molecule has 2 rings (SSSR count). The molecule has 1 aromatic carbocycles. The van der Waals surface area contributed by atoms with E-state index < -0.39 is 0 Å². The fourth-order valence-corrected chi connectivity index (χ4v) is 1.85. The van der Waals surface area contributed by atoms with Gasteiger partial charge in [-0.15, -0.1) is 0 Å². The largest absolute Gasteiger partial charge is 0.398 e. The summed E-state index contributed by atoms with van der Waals surface area (Å²) in [7, 11) is 0. The van der Waals surface area contributed by atoms with Crippen molar-refractivity contribution < 1.29 is 0 Å². The standard InChI is InChI=1S/C13H16N2O/c1-13(2,3)15-8-7-9-5-4-6-10(14)11(9)12(15)16/h4-8H,14H2,1-3H3. The fourth-order valence-electron chi connectivity index (χ4n) is 1.85. The second-order valence-corrected chi connectivity index (χ2v) is 4.97. The Labute approximate surface area is 94.5 Å². The minimum atomic E-state index is -0.229. The van der Waals surface area contributed by atoms with E-state index in [2.05, 4.69) is 0 Å². The zero-order valence-electron chi connectivity index (χ0n) is 9.82. The Morgan fingerprint density at radius 3 is 2.50 bits per heavy atom. The molecule has 16 heavy (non-hydrogen) atoms. The lowest BCUT2D eigenvalue weighted by Gasteiger charge is -2.22. The number of nitrogen functional groups attached to an aromatic ring is 1. The van der Waals surface area contributed by atoms with E-state index in [0.717, 1.165) is 5.39 Å². The van der Waals surface area contributed by atoms with Gasteiger partial charge in [0.2, 0.25) is 0 Å². The van der Waals surface area contributed by atoms with Gasteiger partial charge in [-0.2, -0.15) is 0 Å². The van der Waals surface area contributed by atoms with Crippen LogP contribution < -0.4 is 11.3 Å². The van der Waals surface area contributed by atoms with Crippen LogP contribution >= 0.6 is 0 Å². The van der Waals surface area contributed by atoms with Crippen LogP contribution in [0.25, 0.3) is 10.8 Å². The van der Waals surface area contributed by atoms with E-state index >= 15 is 0 Å². The number of nitrogens with zero attached hydrogens (tertiary/aromatic N) is 1. The average Bonchev–Trinajstić information content (AvgIpc) is 2.16. The number of hydrogen-bond acceptors (Lipinski definition) is 2. The summed E-state index contributed by atoms with van der Waals surface area (Å²) >= 11 is 0. The van der Waals surface area contributed by atoms with Gasteiger partial charge in [0.1, 0.15) is 0 Å². The Morgan fingerprint density at radius 2 is 1.88 bits per heavy atom. The van der Waals surface area contributed by atoms with Crippen LogP contribution in [-0.2, 0) is 5.54 Å². The quantitative estimate of drug-likeness (QED) is 0.687. The molecule has 0 radical (unpaired) electrons. The molecule has 1 aromatic heterocycles. The van der Waals surface area contributed by atoms with Gasteiger partial charge in [-0.25, -0.2) is 0 Å². The highest BCUT2D eigenvalue weighted by atomic mass is 16.1. The van der Waals surface area contributed by atoms with Crippen molar-refractivity contribution in [3.05, 3.63) is 40.8 Å². The van der Waals surface area contributed by atoms with Crippen LogP contribution in [0.15, 0.2) is 35.3 Å². The molecule has 3 nitrogen and oxygen atoms in total. The fraction of sp³-hybridized carbons (Fsp3) is 0.308.